The summed E-state index contributed by atoms with van der Waals surface area (Å²) in [4.78, 5) is 4.07. The molecule has 0 bridgehead atoms. The van der Waals surface area contributed by atoms with Crippen molar-refractivity contribution in [3.8, 4) is 0 Å². The van der Waals surface area contributed by atoms with Gasteiger partial charge in [-0.2, -0.15) is 0 Å². The zero-order valence-corrected chi connectivity index (χ0v) is 8.16. The Balaban J connectivity index is 0.000000605. The van der Waals surface area contributed by atoms with Gasteiger partial charge in [-0.15, -0.1) is 24.8 Å². The molecule has 0 saturated carbocycles. The molecule has 0 aromatic carbocycles. The number of hydrogen-bond acceptors (Lipinski definition) is 3. The van der Waals surface area contributed by atoms with E-state index in [1.54, 1.807) is 12.5 Å². The van der Waals surface area contributed by atoms with Gasteiger partial charge >= 0.3 is 0 Å². The monoisotopic (exact) mass is 210 g/mol. The van der Waals surface area contributed by atoms with Gasteiger partial charge in [0.1, 0.15) is 6.26 Å². The van der Waals surface area contributed by atoms with Crippen LogP contribution in [0.25, 0.3) is 0 Å². The summed E-state index contributed by atoms with van der Waals surface area (Å²) in [6, 6.07) is 0.370. The van der Waals surface area contributed by atoms with Crippen LogP contribution in [-0.4, -0.2) is 11.5 Å². The van der Waals surface area contributed by atoms with Crippen molar-refractivity contribution in [1.82, 2.24) is 10.3 Å². The molecule has 2 rings (SSSR count). The molecule has 1 unspecified atom stereocenters. The number of rotatable bonds is 1. The molecule has 1 aromatic heterocycles. The van der Waals surface area contributed by atoms with Crippen LogP contribution in [-0.2, 0) is 0 Å². The highest BCUT2D eigenvalue weighted by molar-refractivity contribution is 5.85. The van der Waals surface area contributed by atoms with Crippen LogP contribution >= 0.6 is 24.8 Å². The third kappa shape index (κ3) is 2.37. The van der Waals surface area contributed by atoms with E-state index >= 15 is 0 Å². The van der Waals surface area contributed by atoms with E-state index in [2.05, 4.69) is 10.3 Å². The third-order valence-electron chi connectivity index (χ3n) is 1.81. The first kappa shape index (κ1) is 11.8. The van der Waals surface area contributed by atoms with Crippen LogP contribution in [0.3, 0.4) is 0 Å². The van der Waals surface area contributed by atoms with Gasteiger partial charge in [0, 0.05) is 0 Å². The van der Waals surface area contributed by atoms with Crippen LogP contribution in [0, 0.1) is 0 Å². The lowest BCUT2D eigenvalue weighted by molar-refractivity contribution is 0.429. The Morgan fingerprint density at radius 1 is 1.50 bits per heavy atom. The number of nitrogens with one attached hydrogen (secondary N) is 1. The summed E-state index contributed by atoms with van der Waals surface area (Å²) in [5.41, 5.74) is 0. The number of nitrogens with zero attached hydrogens (tertiary/aromatic N) is 1. The lowest BCUT2D eigenvalue weighted by Gasteiger charge is -2.02. The number of hydrogen-bond donors (Lipinski definition) is 1. The van der Waals surface area contributed by atoms with E-state index in [1.807, 2.05) is 0 Å². The summed E-state index contributed by atoms with van der Waals surface area (Å²) in [6.07, 6.45) is 5.69. The van der Waals surface area contributed by atoms with Crippen molar-refractivity contribution in [2.75, 3.05) is 6.54 Å². The second kappa shape index (κ2) is 5.41. The SMILES string of the molecule is Cl.Cl.c1coc(C2CCCN2)n1. The lowest BCUT2D eigenvalue weighted by atomic mass is 10.2. The van der Waals surface area contributed by atoms with Crippen molar-refractivity contribution in [1.29, 1.82) is 0 Å². The number of oxazole rings is 1. The Bertz CT molecular complexity index is 197. The van der Waals surface area contributed by atoms with E-state index in [4.69, 9.17) is 4.42 Å². The molecule has 1 saturated heterocycles. The van der Waals surface area contributed by atoms with Crippen LogP contribution in [0.5, 0.6) is 0 Å². The fraction of sp³-hybridized carbons (Fsp3) is 0.571. The van der Waals surface area contributed by atoms with Crippen LogP contribution in [0.1, 0.15) is 24.8 Å². The molecule has 1 N–H and O–H groups in total. The Labute approximate surface area is 83.8 Å². The highest BCUT2D eigenvalue weighted by Crippen LogP contribution is 2.20. The standard InChI is InChI=1S/C7H10N2O.2ClH/c1-2-6(8-3-1)7-9-4-5-10-7;;/h4-6,8H,1-3H2;2*1H. The summed E-state index contributed by atoms with van der Waals surface area (Å²) >= 11 is 0. The van der Waals surface area contributed by atoms with Gasteiger partial charge in [0.15, 0.2) is 0 Å². The minimum Gasteiger partial charge on any atom is -0.447 e. The predicted molar refractivity (Wildman–Crippen MR) is 51.0 cm³/mol. The van der Waals surface area contributed by atoms with E-state index in [9.17, 15) is 0 Å². The van der Waals surface area contributed by atoms with E-state index in [0.29, 0.717) is 6.04 Å². The summed E-state index contributed by atoms with van der Waals surface area (Å²) < 4.78 is 5.14. The third-order valence-corrected chi connectivity index (χ3v) is 1.81. The van der Waals surface area contributed by atoms with Gasteiger partial charge in [-0.05, 0) is 19.4 Å². The van der Waals surface area contributed by atoms with Crippen LogP contribution in [0.2, 0.25) is 0 Å². The van der Waals surface area contributed by atoms with Crippen LogP contribution in [0.15, 0.2) is 16.9 Å². The molecule has 0 radical (unpaired) electrons. The maximum absolute atomic E-state index is 5.14. The molecule has 5 heteroatoms. The molecule has 0 aliphatic carbocycles. The van der Waals surface area contributed by atoms with Gasteiger partial charge in [-0.3, -0.25) is 0 Å². The Morgan fingerprint density at radius 3 is 2.83 bits per heavy atom. The van der Waals surface area contributed by atoms with E-state index < -0.39 is 0 Å². The lowest BCUT2D eigenvalue weighted by Crippen LogP contribution is -2.12. The molecular formula is C7H12Cl2N2O. The van der Waals surface area contributed by atoms with Gasteiger partial charge in [0.25, 0.3) is 0 Å². The van der Waals surface area contributed by atoms with Gasteiger partial charge in [0.2, 0.25) is 5.89 Å². The molecule has 3 nitrogen and oxygen atoms in total. The molecule has 1 aromatic rings. The zero-order chi connectivity index (χ0) is 6.81. The number of aromatic nitrogens is 1. The van der Waals surface area contributed by atoms with Gasteiger partial charge in [0.05, 0.1) is 12.2 Å². The highest BCUT2D eigenvalue weighted by Gasteiger charge is 2.19. The fourth-order valence-electron chi connectivity index (χ4n) is 1.30. The molecule has 1 atom stereocenters. The van der Waals surface area contributed by atoms with Crippen molar-refractivity contribution < 1.29 is 4.42 Å². The first-order chi connectivity index (χ1) is 4.97. The van der Waals surface area contributed by atoms with E-state index in [-0.39, 0.29) is 24.8 Å². The highest BCUT2D eigenvalue weighted by atomic mass is 35.5. The van der Waals surface area contributed by atoms with Gasteiger partial charge < -0.3 is 9.73 Å². The molecule has 1 fully saturated rings. The first-order valence-corrected chi connectivity index (χ1v) is 3.59. The zero-order valence-electron chi connectivity index (χ0n) is 6.53. The maximum atomic E-state index is 5.14. The average Bonchev–Trinajstić information content (AvgIpc) is 2.59. The van der Waals surface area contributed by atoms with Gasteiger partial charge in [-0.1, -0.05) is 0 Å². The summed E-state index contributed by atoms with van der Waals surface area (Å²) in [5, 5.41) is 3.30. The summed E-state index contributed by atoms with van der Waals surface area (Å²) in [5.74, 6) is 0.831. The molecule has 1 aliphatic heterocycles. The van der Waals surface area contributed by atoms with Crippen molar-refractivity contribution in [3.05, 3.63) is 18.4 Å². The second-order valence-electron chi connectivity index (χ2n) is 2.52. The fourth-order valence-corrected chi connectivity index (χ4v) is 1.30. The van der Waals surface area contributed by atoms with Crippen LogP contribution in [0.4, 0.5) is 0 Å². The molecule has 12 heavy (non-hydrogen) atoms. The maximum Gasteiger partial charge on any atom is 0.211 e. The van der Waals surface area contributed by atoms with E-state index in [1.165, 1.54) is 6.42 Å². The quantitative estimate of drug-likeness (QED) is 0.771. The normalized spacial score (nSPS) is 21.2. The van der Waals surface area contributed by atoms with E-state index in [0.717, 1.165) is 18.9 Å². The Kier molecular flexibility index (Phi) is 5.29. The number of halogens is 2. The molecule has 1 aliphatic rings. The smallest absolute Gasteiger partial charge is 0.211 e. The van der Waals surface area contributed by atoms with Crippen molar-refractivity contribution in [3.63, 3.8) is 0 Å². The second-order valence-corrected chi connectivity index (χ2v) is 2.52. The van der Waals surface area contributed by atoms with Crippen LogP contribution < -0.4 is 5.32 Å². The van der Waals surface area contributed by atoms with Gasteiger partial charge in [-0.25, -0.2) is 4.98 Å². The van der Waals surface area contributed by atoms with Crippen molar-refractivity contribution in [2.24, 2.45) is 0 Å². The molecule has 2 heterocycles. The Hall–Kier alpha value is -0.250. The molecule has 0 amide bonds. The molecule has 0 spiro atoms. The van der Waals surface area contributed by atoms with Crippen molar-refractivity contribution >= 4 is 24.8 Å². The van der Waals surface area contributed by atoms with Crippen molar-refractivity contribution in [2.45, 2.75) is 18.9 Å². The topological polar surface area (TPSA) is 38.1 Å². The summed E-state index contributed by atoms with van der Waals surface area (Å²) in [6.45, 7) is 1.09. The average molecular weight is 211 g/mol. The summed E-state index contributed by atoms with van der Waals surface area (Å²) in [7, 11) is 0. The molecular weight excluding hydrogens is 199 g/mol. The Morgan fingerprint density at radius 2 is 2.33 bits per heavy atom. The largest absolute Gasteiger partial charge is 0.447 e. The minimum atomic E-state index is 0. The molecule has 70 valence electrons. The predicted octanol–water partition coefficient (Wildman–Crippen LogP) is 1.94. The first-order valence-electron chi connectivity index (χ1n) is 3.59. The minimum absolute atomic E-state index is 0.